The Bertz CT molecular complexity index is 1080. The molecule has 2 heterocycles. The van der Waals surface area contributed by atoms with Crippen molar-refractivity contribution >= 4 is 23.2 Å². The van der Waals surface area contributed by atoms with E-state index in [0.717, 1.165) is 55.4 Å². The van der Waals surface area contributed by atoms with Crippen LogP contribution in [0.3, 0.4) is 0 Å². The number of hydrogen-bond acceptors (Lipinski definition) is 6. The summed E-state index contributed by atoms with van der Waals surface area (Å²) in [4.78, 5) is 26.2. The second-order valence-electron chi connectivity index (χ2n) is 8.41. The molecule has 0 saturated carbocycles. The van der Waals surface area contributed by atoms with E-state index < -0.39 is 0 Å². The maximum Gasteiger partial charge on any atom is 0.255 e. The Hall–Kier alpha value is -3.29. The molecule has 0 atom stereocenters. The molecule has 0 unspecified atom stereocenters. The summed E-state index contributed by atoms with van der Waals surface area (Å²) >= 11 is 0. The SMILES string of the molecule is CC.CC.Cc1ccnc(Nc2cc(NC(=O)c3ccc(CN4CCN(C)CC4)cc3)ccc2C)n1. The van der Waals surface area contributed by atoms with Gasteiger partial charge in [0, 0.05) is 61.6 Å². The molecule has 1 fully saturated rings. The summed E-state index contributed by atoms with van der Waals surface area (Å²) in [5.74, 6) is 0.408. The van der Waals surface area contributed by atoms with Crippen molar-refractivity contribution in [3.05, 3.63) is 77.1 Å². The van der Waals surface area contributed by atoms with E-state index in [9.17, 15) is 4.79 Å². The molecule has 1 amide bonds. The Labute approximate surface area is 217 Å². The van der Waals surface area contributed by atoms with Gasteiger partial charge in [-0.05, 0) is 62.4 Å². The predicted molar refractivity (Wildman–Crippen MR) is 151 cm³/mol. The Balaban J connectivity index is 0.00000109. The molecular formula is C29H42N6O. The molecule has 0 radical (unpaired) electrons. The van der Waals surface area contributed by atoms with Crippen molar-refractivity contribution < 1.29 is 4.79 Å². The van der Waals surface area contributed by atoms with Crippen molar-refractivity contribution in [1.82, 2.24) is 19.8 Å². The number of benzene rings is 2. The van der Waals surface area contributed by atoms with Crippen LogP contribution in [0.1, 0.15) is 54.9 Å². The third-order valence-corrected chi connectivity index (χ3v) is 5.75. The topological polar surface area (TPSA) is 73.4 Å². The summed E-state index contributed by atoms with van der Waals surface area (Å²) in [6, 6.07) is 15.5. The lowest BCUT2D eigenvalue weighted by Crippen LogP contribution is -2.43. The third kappa shape index (κ3) is 8.73. The quantitative estimate of drug-likeness (QED) is 0.449. The molecule has 7 nitrogen and oxygen atoms in total. The van der Waals surface area contributed by atoms with Crippen LogP contribution in [0.25, 0.3) is 0 Å². The van der Waals surface area contributed by atoms with Crippen molar-refractivity contribution in [3.8, 4) is 0 Å². The first-order chi connectivity index (χ1) is 17.5. The van der Waals surface area contributed by atoms with Gasteiger partial charge in [-0.15, -0.1) is 0 Å². The fraction of sp³-hybridized carbons (Fsp3) is 0.414. The van der Waals surface area contributed by atoms with Crippen molar-refractivity contribution in [3.63, 3.8) is 0 Å². The van der Waals surface area contributed by atoms with Crippen molar-refractivity contribution in [2.45, 2.75) is 48.1 Å². The Kier molecular flexibility index (Phi) is 12.0. The third-order valence-electron chi connectivity index (χ3n) is 5.75. The van der Waals surface area contributed by atoms with E-state index in [0.29, 0.717) is 11.5 Å². The Morgan fingerprint density at radius 2 is 1.58 bits per heavy atom. The van der Waals surface area contributed by atoms with Gasteiger partial charge in [-0.3, -0.25) is 9.69 Å². The van der Waals surface area contributed by atoms with Crippen LogP contribution in [0.4, 0.5) is 17.3 Å². The molecule has 2 N–H and O–H groups in total. The monoisotopic (exact) mass is 490 g/mol. The van der Waals surface area contributed by atoms with Crippen LogP contribution in [-0.4, -0.2) is 58.9 Å². The fourth-order valence-electron chi connectivity index (χ4n) is 3.69. The van der Waals surface area contributed by atoms with Crippen molar-refractivity contribution in [2.75, 3.05) is 43.9 Å². The molecule has 4 rings (SSSR count). The number of rotatable bonds is 6. The minimum absolute atomic E-state index is 0.127. The van der Waals surface area contributed by atoms with E-state index in [4.69, 9.17) is 0 Å². The van der Waals surface area contributed by atoms with Gasteiger partial charge in [-0.2, -0.15) is 0 Å². The van der Waals surface area contributed by atoms with Gasteiger partial charge in [0.1, 0.15) is 0 Å². The lowest BCUT2D eigenvalue weighted by Gasteiger charge is -2.32. The van der Waals surface area contributed by atoms with Gasteiger partial charge >= 0.3 is 0 Å². The van der Waals surface area contributed by atoms with Crippen LogP contribution in [0.5, 0.6) is 0 Å². The predicted octanol–water partition coefficient (Wildman–Crippen LogP) is 5.89. The number of nitrogens with zero attached hydrogens (tertiary/aromatic N) is 4. The van der Waals surface area contributed by atoms with Crippen molar-refractivity contribution in [2.24, 2.45) is 0 Å². The highest BCUT2D eigenvalue weighted by atomic mass is 16.1. The molecule has 1 aliphatic rings. The lowest BCUT2D eigenvalue weighted by atomic mass is 10.1. The summed E-state index contributed by atoms with van der Waals surface area (Å²) in [5.41, 5.74) is 5.38. The fourth-order valence-corrected chi connectivity index (χ4v) is 3.69. The minimum atomic E-state index is -0.127. The molecule has 1 saturated heterocycles. The summed E-state index contributed by atoms with van der Waals surface area (Å²) in [5, 5.41) is 6.23. The van der Waals surface area contributed by atoms with E-state index in [1.807, 2.05) is 90.1 Å². The molecule has 0 bridgehead atoms. The highest BCUT2D eigenvalue weighted by molar-refractivity contribution is 6.04. The smallest absolute Gasteiger partial charge is 0.255 e. The first-order valence-corrected chi connectivity index (χ1v) is 12.9. The largest absolute Gasteiger partial charge is 0.324 e. The maximum absolute atomic E-state index is 12.8. The number of carbonyl (C=O) groups excluding carboxylic acids is 1. The van der Waals surface area contributed by atoms with E-state index in [-0.39, 0.29) is 5.91 Å². The minimum Gasteiger partial charge on any atom is -0.324 e. The number of amides is 1. The number of anilines is 3. The average Bonchev–Trinajstić information content (AvgIpc) is 2.90. The van der Waals surface area contributed by atoms with E-state index in [1.54, 1.807) is 6.20 Å². The maximum atomic E-state index is 12.8. The highest BCUT2D eigenvalue weighted by Crippen LogP contribution is 2.23. The number of piperazine rings is 1. The van der Waals surface area contributed by atoms with E-state index in [1.165, 1.54) is 5.56 Å². The Morgan fingerprint density at radius 1 is 0.917 bits per heavy atom. The molecular weight excluding hydrogens is 448 g/mol. The zero-order valence-corrected chi connectivity index (χ0v) is 22.9. The number of likely N-dealkylation sites (N-methyl/N-ethyl adjacent to an activating group) is 1. The molecule has 0 spiro atoms. The summed E-state index contributed by atoms with van der Waals surface area (Å²) < 4.78 is 0. The number of carbonyl (C=O) groups is 1. The first kappa shape index (κ1) is 28.9. The van der Waals surface area contributed by atoms with E-state index in [2.05, 4.69) is 37.4 Å². The van der Waals surface area contributed by atoms with Gasteiger partial charge in [0.15, 0.2) is 0 Å². The second-order valence-corrected chi connectivity index (χ2v) is 8.41. The number of aryl methyl sites for hydroxylation is 2. The standard InChI is InChI=1S/C25H30N6O.2C2H6/c1-18-4-9-22(16-23(18)29-25-26-11-10-19(2)27-25)28-24(32)21-7-5-20(6-8-21)17-31-14-12-30(3)13-15-31;2*1-2/h4-11,16H,12-15,17H2,1-3H3,(H,28,32)(H,26,27,29);2*1-2H3. The molecule has 36 heavy (non-hydrogen) atoms. The zero-order chi connectivity index (χ0) is 26.5. The number of nitrogens with one attached hydrogen (secondary N) is 2. The van der Waals surface area contributed by atoms with Gasteiger partial charge in [0.05, 0.1) is 0 Å². The number of hydrogen-bond donors (Lipinski definition) is 2. The molecule has 0 aliphatic carbocycles. The van der Waals surface area contributed by atoms with Gasteiger partial charge in [-0.25, -0.2) is 9.97 Å². The lowest BCUT2D eigenvalue weighted by molar-refractivity contribution is 0.102. The molecule has 2 aromatic carbocycles. The Morgan fingerprint density at radius 3 is 2.22 bits per heavy atom. The second kappa shape index (κ2) is 15.0. The molecule has 7 heteroatoms. The van der Waals surface area contributed by atoms with Crippen molar-refractivity contribution in [1.29, 1.82) is 0 Å². The molecule has 3 aromatic rings. The van der Waals surface area contributed by atoms with Gasteiger partial charge in [0.2, 0.25) is 5.95 Å². The molecule has 1 aliphatic heterocycles. The normalized spacial score (nSPS) is 13.5. The van der Waals surface area contributed by atoms with Gasteiger partial charge < -0.3 is 15.5 Å². The van der Waals surface area contributed by atoms with E-state index >= 15 is 0 Å². The zero-order valence-electron chi connectivity index (χ0n) is 22.9. The summed E-state index contributed by atoms with van der Waals surface area (Å²) in [7, 11) is 2.16. The summed E-state index contributed by atoms with van der Waals surface area (Å²) in [6.45, 7) is 17.2. The van der Waals surface area contributed by atoms with Crippen LogP contribution in [-0.2, 0) is 6.54 Å². The van der Waals surface area contributed by atoms with Crippen LogP contribution >= 0.6 is 0 Å². The van der Waals surface area contributed by atoms with Crippen LogP contribution < -0.4 is 10.6 Å². The van der Waals surface area contributed by atoms with Crippen LogP contribution in [0.2, 0.25) is 0 Å². The number of aromatic nitrogens is 2. The average molecular weight is 491 g/mol. The van der Waals surface area contributed by atoms with Gasteiger partial charge in [0.25, 0.3) is 5.91 Å². The van der Waals surface area contributed by atoms with Crippen LogP contribution in [0, 0.1) is 13.8 Å². The first-order valence-electron chi connectivity index (χ1n) is 12.9. The van der Waals surface area contributed by atoms with Crippen LogP contribution in [0.15, 0.2) is 54.7 Å². The van der Waals surface area contributed by atoms with Gasteiger partial charge in [-0.1, -0.05) is 45.9 Å². The summed E-state index contributed by atoms with van der Waals surface area (Å²) in [6.07, 6.45) is 1.72. The molecule has 194 valence electrons. The highest BCUT2D eigenvalue weighted by Gasteiger charge is 2.14. The molecule has 1 aromatic heterocycles.